The lowest BCUT2D eigenvalue weighted by Gasteiger charge is -2.46. The van der Waals surface area contributed by atoms with E-state index in [0.29, 0.717) is 24.3 Å². The molecule has 25 heavy (non-hydrogen) atoms. The first-order valence-corrected chi connectivity index (χ1v) is 8.12. The fourth-order valence-electron chi connectivity index (χ4n) is 3.80. The molecule has 0 radical (unpaired) electrons. The Kier molecular flexibility index (Phi) is 4.57. The molecule has 0 aliphatic carbocycles. The molecule has 1 fully saturated rings. The molecule has 0 aromatic heterocycles. The number of ether oxygens (including phenoxy) is 2. The zero-order valence-corrected chi connectivity index (χ0v) is 14.2. The maximum Gasteiger partial charge on any atom is 0.401 e. The Labute approximate surface area is 144 Å². The average molecular weight is 358 g/mol. The molecule has 1 amide bonds. The summed E-state index contributed by atoms with van der Waals surface area (Å²) in [6.07, 6.45) is -3.13. The van der Waals surface area contributed by atoms with Crippen LogP contribution in [0.25, 0.3) is 0 Å². The van der Waals surface area contributed by atoms with Gasteiger partial charge in [-0.3, -0.25) is 9.69 Å². The number of hydrogen-bond donors (Lipinski definition) is 1. The smallest absolute Gasteiger partial charge is 0.401 e. The second-order valence-corrected chi connectivity index (χ2v) is 6.56. The van der Waals surface area contributed by atoms with Gasteiger partial charge in [0, 0.05) is 13.1 Å². The van der Waals surface area contributed by atoms with Crippen LogP contribution in [0.4, 0.5) is 13.2 Å². The number of methoxy groups -OCH3 is 2. The minimum Gasteiger partial charge on any atom is -0.493 e. The molecule has 1 N–H and O–H groups in total. The third-order valence-corrected chi connectivity index (χ3v) is 4.97. The minimum absolute atomic E-state index is 0.121. The molecule has 3 rings (SSSR count). The normalized spacial score (nSPS) is 20.1. The lowest BCUT2D eigenvalue weighted by Crippen LogP contribution is -2.56. The van der Waals surface area contributed by atoms with E-state index in [2.05, 4.69) is 5.32 Å². The highest BCUT2D eigenvalue weighted by atomic mass is 19.4. The highest BCUT2D eigenvalue weighted by Crippen LogP contribution is 2.42. The summed E-state index contributed by atoms with van der Waals surface area (Å²) in [6, 6.07) is 3.63. The summed E-state index contributed by atoms with van der Waals surface area (Å²) in [5.74, 6) is 0.971. The van der Waals surface area contributed by atoms with E-state index < -0.39 is 18.3 Å². The van der Waals surface area contributed by atoms with Crippen LogP contribution in [0.15, 0.2) is 12.1 Å². The quantitative estimate of drug-likeness (QED) is 0.900. The third-order valence-electron chi connectivity index (χ3n) is 4.97. The van der Waals surface area contributed by atoms with Gasteiger partial charge in [0.25, 0.3) is 0 Å². The van der Waals surface area contributed by atoms with Crippen LogP contribution in [-0.4, -0.2) is 50.8 Å². The summed E-state index contributed by atoms with van der Waals surface area (Å²) in [7, 11) is 3.06. The number of amides is 1. The summed E-state index contributed by atoms with van der Waals surface area (Å²) in [4.78, 5) is 13.6. The molecule has 1 saturated heterocycles. The Bertz CT molecular complexity index is 668. The Morgan fingerprint density at radius 3 is 2.32 bits per heavy atom. The van der Waals surface area contributed by atoms with Gasteiger partial charge >= 0.3 is 6.18 Å². The van der Waals surface area contributed by atoms with Gasteiger partial charge in [-0.25, -0.2) is 0 Å². The first-order chi connectivity index (χ1) is 11.8. The van der Waals surface area contributed by atoms with Crippen LogP contribution in [0.1, 0.15) is 24.0 Å². The third kappa shape index (κ3) is 3.53. The van der Waals surface area contributed by atoms with Gasteiger partial charge in [-0.2, -0.15) is 13.2 Å². The van der Waals surface area contributed by atoms with Gasteiger partial charge in [0.05, 0.1) is 32.7 Å². The molecule has 8 heteroatoms. The number of rotatable bonds is 3. The standard InChI is InChI=1S/C17H21F3N2O3/c1-24-13-7-11-8-15(23)21-16(12(11)9-14(13)25-2)3-5-22(6-4-16)10-17(18,19)20/h7,9H,3-6,8,10H2,1-2H3,(H,21,23). The number of carbonyl (C=O) groups is 1. The minimum atomic E-state index is -4.21. The van der Waals surface area contributed by atoms with E-state index in [-0.39, 0.29) is 25.4 Å². The van der Waals surface area contributed by atoms with E-state index in [4.69, 9.17) is 9.47 Å². The second kappa shape index (κ2) is 6.40. The molecule has 5 nitrogen and oxygen atoms in total. The Hall–Kier alpha value is -1.96. The highest BCUT2D eigenvalue weighted by Gasteiger charge is 2.44. The molecule has 0 saturated carbocycles. The fourth-order valence-corrected chi connectivity index (χ4v) is 3.80. The van der Waals surface area contributed by atoms with Gasteiger partial charge in [-0.05, 0) is 36.1 Å². The molecular weight excluding hydrogens is 337 g/mol. The fraction of sp³-hybridized carbons (Fsp3) is 0.588. The molecule has 1 aromatic carbocycles. The summed E-state index contributed by atoms with van der Waals surface area (Å²) in [6.45, 7) is -0.378. The van der Waals surface area contributed by atoms with Crippen molar-refractivity contribution >= 4 is 5.91 Å². The average Bonchev–Trinajstić information content (AvgIpc) is 2.54. The zero-order chi connectivity index (χ0) is 18.2. The molecule has 138 valence electrons. The van der Waals surface area contributed by atoms with E-state index in [1.54, 1.807) is 6.07 Å². The lowest BCUT2D eigenvalue weighted by molar-refractivity contribution is -0.150. The number of carbonyl (C=O) groups excluding carboxylic acids is 1. The molecule has 0 bridgehead atoms. The van der Waals surface area contributed by atoms with Crippen LogP contribution >= 0.6 is 0 Å². The molecule has 1 spiro atoms. The van der Waals surface area contributed by atoms with Crippen LogP contribution < -0.4 is 14.8 Å². The first-order valence-electron chi connectivity index (χ1n) is 8.12. The Morgan fingerprint density at radius 1 is 1.16 bits per heavy atom. The van der Waals surface area contributed by atoms with Gasteiger partial charge in [-0.15, -0.1) is 0 Å². The first kappa shape index (κ1) is 17.8. The second-order valence-electron chi connectivity index (χ2n) is 6.56. The van der Waals surface area contributed by atoms with E-state index in [1.165, 1.54) is 19.1 Å². The lowest BCUT2D eigenvalue weighted by atomic mass is 9.75. The Balaban J connectivity index is 1.90. The van der Waals surface area contributed by atoms with Gasteiger partial charge in [0.2, 0.25) is 5.91 Å². The van der Waals surface area contributed by atoms with Crippen molar-refractivity contribution in [3.63, 3.8) is 0 Å². The number of nitrogens with one attached hydrogen (secondary N) is 1. The van der Waals surface area contributed by atoms with Crippen molar-refractivity contribution < 1.29 is 27.4 Å². The molecule has 1 aromatic rings. The van der Waals surface area contributed by atoms with E-state index >= 15 is 0 Å². The molecule has 0 unspecified atom stereocenters. The van der Waals surface area contributed by atoms with Gasteiger partial charge in [0.15, 0.2) is 11.5 Å². The van der Waals surface area contributed by atoms with E-state index in [1.807, 2.05) is 6.07 Å². The van der Waals surface area contributed by atoms with Crippen LogP contribution in [0.2, 0.25) is 0 Å². The van der Waals surface area contributed by atoms with Crippen molar-refractivity contribution in [3.05, 3.63) is 23.3 Å². The number of likely N-dealkylation sites (tertiary alicyclic amines) is 1. The van der Waals surface area contributed by atoms with Crippen molar-refractivity contribution in [2.45, 2.75) is 31.0 Å². The summed E-state index contributed by atoms with van der Waals surface area (Å²) >= 11 is 0. The molecule has 2 heterocycles. The largest absolute Gasteiger partial charge is 0.493 e. The maximum absolute atomic E-state index is 12.6. The molecule has 0 atom stereocenters. The van der Waals surface area contributed by atoms with E-state index in [0.717, 1.165) is 11.1 Å². The summed E-state index contributed by atoms with van der Waals surface area (Å²) < 4.78 is 48.5. The number of piperidine rings is 1. The maximum atomic E-state index is 12.6. The SMILES string of the molecule is COc1cc2c(cc1OC)C1(CCN(CC(F)(F)F)CC1)NC(=O)C2. The Morgan fingerprint density at radius 2 is 1.76 bits per heavy atom. The van der Waals surface area contributed by atoms with Crippen LogP contribution in [0.5, 0.6) is 11.5 Å². The number of fused-ring (bicyclic) bond motifs is 2. The topological polar surface area (TPSA) is 50.8 Å². The summed E-state index contributed by atoms with van der Waals surface area (Å²) in [5, 5.41) is 3.02. The number of hydrogen-bond acceptors (Lipinski definition) is 4. The number of benzene rings is 1. The van der Waals surface area contributed by atoms with Crippen molar-refractivity contribution in [1.82, 2.24) is 10.2 Å². The number of nitrogens with zero attached hydrogens (tertiary/aromatic N) is 1. The van der Waals surface area contributed by atoms with Crippen LogP contribution in [-0.2, 0) is 16.8 Å². The summed E-state index contributed by atoms with van der Waals surface area (Å²) in [5.41, 5.74) is 1.11. The monoisotopic (exact) mass is 358 g/mol. The zero-order valence-electron chi connectivity index (χ0n) is 14.2. The van der Waals surface area contributed by atoms with Crippen LogP contribution in [0.3, 0.4) is 0 Å². The van der Waals surface area contributed by atoms with Crippen LogP contribution in [0, 0.1) is 0 Å². The van der Waals surface area contributed by atoms with Crippen molar-refractivity contribution in [3.8, 4) is 11.5 Å². The van der Waals surface area contributed by atoms with Crippen molar-refractivity contribution in [2.24, 2.45) is 0 Å². The predicted molar refractivity (Wildman–Crippen MR) is 84.8 cm³/mol. The molecular formula is C17H21F3N2O3. The molecule has 2 aliphatic heterocycles. The molecule has 2 aliphatic rings. The van der Waals surface area contributed by atoms with Crippen molar-refractivity contribution in [1.29, 1.82) is 0 Å². The van der Waals surface area contributed by atoms with Crippen molar-refractivity contribution in [2.75, 3.05) is 33.9 Å². The van der Waals surface area contributed by atoms with Gasteiger partial charge < -0.3 is 14.8 Å². The predicted octanol–water partition coefficient (Wildman–Crippen LogP) is 2.23. The van der Waals surface area contributed by atoms with Gasteiger partial charge in [0.1, 0.15) is 0 Å². The number of halogens is 3. The van der Waals surface area contributed by atoms with Gasteiger partial charge in [-0.1, -0.05) is 0 Å². The number of alkyl halides is 3. The highest BCUT2D eigenvalue weighted by molar-refractivity contribution is 5.83. The van der Waals surface area contributed by atoms with E-state index in [9.17, 15) is 18.0 Å².